The summed E-state index contributed by atoms with van der Waals surface area (Å²) in [6, 6.07) is 8.59. The van der Waals surface area contributed by atoms with Crippen LogP contribution in [0.25, 0.3) is 0 Å². The molecule has 5 rings (SSSR count). The van der Waals surface area contributed by atoms with E-state index in [0.717, 1.165) is 31.5 Å². The molecule has 40 heavy (non-hydrogen) atoms. The van der Waals surface area contributed by atoms with Crippen molar-refractivity contribution < 1.29 is 22.0 Å². The van der Waals surface area contributed by atoms with Crippen LogP contribution >= 0.6 is 0 Å². The second kappa shape index (κ2) is 10.2. The molecule has 1 aromatic carbocycles. The topological polar surface area (TPSA) is 94.6 Å². The number of nitrogens with one attached hydrogen (secondary N) is 2. The number of pyridine rings is 1. The summed E-state index contributed by atoms with van der Waals surface area (Å²) in [4.78, 5) is 22.2. The molecule has 2 saturated heterocycles. The highest BCUT2D eigenvalue weighted by Gasteiger charge is 2.44. The molecule has 0 unspecified atom stereocenters. The molecule has 2 aromatic rings. The van der Waals surface area contributed by atoms with Crippen LogP contribution in [0.15, 0.2) is 30.3 Å². The van der Waals surface area contributed by atoms with Gasteiger partial charge in [-0.2, -0.15) is 0 Å². The van der Waals surface area contributed by atoms with Crippen molar-refractivity contribution in [1.29, 1.82) is 0 Å². The van der Waals surface area contributed by atoms with E-state index in [1.165, 1.54) is 12.8 Å². The van der Waals surface area contributed by atoms with E-state index in [4.69, 9.17) is 0 Å². The van der Waals surface area contributed by atoms with Gasteiger partial charge in [-0.25, -0.2) is 22.2 Å². The Morgan fingerprint density at radius 3 is 2.15 bits per heavy atom. The molecule has 3 fully saturated rings. The first kappa shape index (κ1) is 28.6. The molecule has 1 spiro atoms. The van der Waals surface area contributed by atoms with Crippen LogP contribution in [0.2, 0.25) is 0 Å². The van der Waals surface area contributed by atoms with Gasteiger partial charge in [-0.1, -0.05) is 0 Å². The van der Waals surface area contributed by atoms with Crippen LogP contribution in [0.4, 0.5) is 31.8 Å². The van der Waals surface area contributed by atoms with Gasteiger partial charge in [0.2, 0.25) is 10.0 Å². The van der Waals surface area contributed by atoms with Gasteiger partial charge in [0.1, 0.15) is 11.6 Å². The van der Waals surface area contributed by atoms with Gasteiger partial charge < -0.3 is 15.1 Å². The lowest BCUT2D eigenvalue weighted by molar-refractivity contribution is -0.0221. The second-order valence-corrected chi connectivity index (χ2v) is 15.1. The van der Waals surface area contributed by atoms with Gasteiger partial charge in [-0.3, -0.25) is 9.52 Å². The van der Waals surface area contributed by atoms with Crippen LogP contribution < -0.4 is 19.8 Å². The molecular formula is C29H39F2N5O3S. The summed E-state index contributed by atoms with van der Waals surface area (Å²) in [6.07, 6.45) is 4.13. The average Bonchev–Trinajstić information content (AvgIpc) is 3.61. The summed E-state index contributed by atoms with van der Waals surface area (Å²) in [5, 5.41) is 2.90. The highest BCUT2D eigenvalue weighted by atomic mass is 32.2. The van der Waals surface area contributed by atoms with E-state index in [-0.39, 0.29) is 31.8 Å². The van der Waals surface area contributed by atoms with E-state index in [1.807, 2.05) is 17.9 Å². The van der Waals surface area contributed by atoms with Crippen molar-refractivity contribution in [1.82, 2.24) is 4.98 Å². The maximum atomic E-state index is 13.7. The first-order chi connectivity index (χ1) is 18.7. The molecule has 0 radical (unpaired) electrons. The zero-order valence-electron chi connectivity index (χ0n) is 23.7. The van der Waals surface area contributed by atoms with Gasteiger partial charge in [-0.05, 0) is 94.7 Å². The number of alkyl halides is 2. The molecule has 0 bridgehead atoms. The predicted octanol–water partition coefficient (Wildman–Crippen LogP) is 5.80. The maximum Gasteiger partial charge on any atom is 0.258 e. The Morgan fingerprint density at radius 2 is 1.55 bits per heavy atom. The zero-order valence-corrected chi connectivity index (χ0v) is 24.5. The van der Waals surface area contributed by atoms with Crippen LogP contribution in [0.5, 0.6) is 0 Å². The number of hydrogen-bond donors (Lipinski definition) is 2. The molecular weight excluding hydrogens is 536 g/mol. The minimum atomic E-state index is -3.65. The van der Waals surface area contributed by atoms with Gasteiger partial charge >= 0.3 is 0 Å². The van der Waals surface area contributed by atoms with E-state index >= 15 is 0 Å². The number of anilines is 4. The first-order valence-electron chi connectivity index (χ1n) is 14.0. The van der Waals surface area contributed by atoms with E-state index in [1.54, 1.807) is 45.0 Å². The number of amides is 1. The lowest BCUT2D eigenvalue weighted by Gasteiger charge is -2.35. The number of carbonyl (C=O) groups is 1. The number of aryl methyl sites for hydroxylation is 1. The van der Waals surface area contributed by atoms with Gasteiger partial charge in [-0.15, -0.1) is 0 Å². The molecule has 218 valence electrons. The number of aromatic nitrogens is 1. The van der Waals surface area contributed by atoms with Crippen LogP contribution in [0.3, 0.4) is 0 Å². The van der Waals surface area contributed by atoms with E-state index in [0.29, 0.717) is 34.0 Å². The van der Waals surface area contributed by atoms with Gasteiger partial charge in [0.15, 0.2) is 0 Å². The standard InChI is InChI=1S/C29H39F2N5O3S/c1-20-17-24(32-25(18-20)36-15-11-29(30,31)12-16-36)33-26(37)22-6-5-21(34-40(38,39)27(2,3)4)19-23(22)35-13-9-28(7-8-28)10-14-35/h5-6,17-19,34H,7-16H2,1-4H3,(H,32,33,37). The number of carbonyl (C=O) groups excluding carboxylic acids is 1. The summed E-state index contributed by atoms with van der Waals surface area (Å²) in [7, 11) is -3.65. The zero-order chi connectivity index (χ0) is 28.9. The van der Waals surface area contributed by atoms with Crippen molar-refractivity contribution >= 4 is 38.9 Å². The number of halogens is 2. The predicted molar refractivity (Wildman–Crippen MR) is 155 cm³/mol. The third-order valence-corrected chi connectivity index (χ3v) is 10.6. The monoisotopic (exact) mass is 575 g/mol. The first-order valence-corrected chi connectivity index (χ1v) is 15.5. The van der Waals surface area contributed by atoms with Crippen molar-refractivity contribution in [2.24, 2.45) is 5.41 Å². The smallest absolute Gasteiger partial charge is 0.258 e. The van der Waals surface area contributed by atoms with Crippen LogP contribution in [-0.4, -0.2) is 56.2 Å². The van der Waals surface area contributed by atoms with Crippen molar-refractivity contribution in [2.45, 2.75) is 76.9 Å². The molecule has 2 aliphatic heterocycles. The van der Waals surface area contributed by atoms with E-state index < -0.39 is 20.7 Å². The molecule has 2 N–H and O–H groups in total. The summed E-state index contributed by atoms with van der Waals surface area (Å²) in [6.45, 7) is 8.77. The van der Waals surface area contributed by atoms with Gasteiger partial charge in [0.05, 0.1) is 21.7 Å². The SMILES string of the molecule is Cc1cc(NC(=O)c2ccc(NS(=O)(=O)C(C)(C)C)cc2N2CCC3(CC2)CC3)nc(N2CCC(F)(F)CC2)c1. The number of piperidine rings is 2. The second-order valence-electron chi connectivity index (χ2n) is 12.6. The Labute approximate surface area is 235 Å². The fourth-order valence-electron chi connectivity index (χ4n) is 5.38. The molecule has 1 saturated carbocycles. The van der Waals surface area contributed by atoms with Gasteiger partial charge in [0, 0.05) is 39.0 Å². The number of sulfonamides is 1. The molecule has 11 heteroatoms. The van der Waals surface area contributed by atoms with Crippen molar-refractivity contribution in [3.63, 3.8) is 0 Å². The third-order valence-electron chi connectivity index (χ3n) is 8.44. The normalized spacial score (nSPS) is 20.4. The highest BCUT2D eigenvalue weighted by molar-refractivity contribution is 7.94. The Balaban J connectivity index is 1.40. The summed E-state index contributed by atoms with van der Waals surface area (Å²) >= 11 is 0. The molecule has 1 aromatic heterocycles. The Morgan fingerprint density at radius 1 is 0.925 bits per heavy atom. The number of hydrogen-bond acceptors (Lipinski definition) is 6. The molecule has 8 nitrogen and oxygen atoms in total. The highest BCUT2D eigenvalue weighted by Crippen LogP contribution is 2.54. The lowest BCUT2D eigenvalue weighted by atomic mass is 9.93. The lowest BCUT2D eigenvalue weighted by Crippen LogP contribution is -2.39. The minimum absolute atomic E-state index is 0.198. The Bertz CT molecular complexity index is 1380. The van der Waals surface area contributed by atoms with Crippen LogP contribution in [-0.2, 0) is 10.0 Å². The fourth-order valence-corrected chi connectivity index (χ4v) is 6.12. The average molecular weight is 576 g/mol. The molecule has 1 amide bonds. The van der Waals surface area contributed by atoms with Crippen molar-refractivity contribution in [3.05, 3.63) is 41.5 Å². The molecule has 0 atom stereocenters. The molecule has 3 aliphatic rings. The van der Waals surface area contributed by atoms with Gasteiger partial charge in [0.25, 0.3) is 11.8 Å². The largest absolute Gasteiger partial charge is 0.371 e. The van der Waals surface area contributed by atoms with Crippen molar-refractivity contribution in [2.75, 3.05) is 46.0 Å². The number of benzene rings is 1. The van der Waals surface area contributed by atoms with E-state index in [9.17, 15) is 22.0 Å². The van der Waals surface area contributed by atoms with Crippen LogP contribution in [0.1, 0.15) is 75.2 Å². The summed E-state index contributed by atoms with van der Waals surface area (Å²) in [5.74, 6) is -2.12. The number of rotatable bonds is 6. The van der Waals surface area contributed by atoms with Crippen LogP contribution in [0, 0.1) is 12.3 Å². The fraction of sp³-hybridized carbons (Fsp3) is 0.586. The molecule has 1 aliphatic carbocycles. The minimum Gasteiger partial charge on any atom is -0.371 e. The quantitative estimate of drug-likeness (QED) is 0.452. The summed E-state index contributed by atoms with van der Waals surface area (Å²) < 4.78 is 54.7. The number of nitrogens with zero attached hydrogens (tertiary/aromatic N) is 3. The Hall–Kier alpha value is -2.95. The maximum absolute atomic E-state index is 13.7. The van der Waals surface area contributed by atoms with E-state index in [2.05, 4.69) is 19.9 Å². The summed E-state index contributed by atoms with van der Waals surface area (Å²) in [5.41, 5.74) is 2.80. The van der Waals surface area contributed by atoms with Crippen molar-refractivity contribution in [3.8, 4) is 0 Å². The third kappa shape index (κ3) is 6.19. The molecule has 3 heterocycles. The Kier molecular flexibility index (Phi) is 7.25.